The largest absolute Gasteiger partial charge is 0.396 e. The van der Waals surface area contributed by atoms with Crippen LogP contribution < -0.4 is 0 Å². The van der Waals surface area contributed by atoms with Crippen molar-refractivity contribution in [2.24, 2.45) is 17.8 Å². The van der Waals surface area contributed by atoms with E-state index in [0.717, 1.165) is 32.1 Å². The van der Waals surface area contributed by atoms with Gasteiger partial charge < -0.3 is 24.6 Å². The van der Waals surface area contributed by atoms with Crippen molar-refractivity contribution in [2.45, 2.75) is 109 Å². The molecule has 0 amide bonds. The number of hydrogen-bond donors (Lipinski definition) is 2. The SMILES string of the molecule is CCC[C@H](C[C@@H]1CC[C@H]([C@@H](C)[C@H](O)[C@H](C)[C@@H]2CC[C@H]([C@@H](C)CO)O2)O1)N(C)C. The predicted molar refractivity (Wildman–Crippen MR) is 113 cm³/mol. The molecule has 0 bridgehead atoms. The van der Waals surface area contributed by atoms with Gasteiger partial charge >= 0.3 is 0 Å². The minimum absolute atomic E-state index is 0.0799. The summed E-state index contributed by atoms with van der Waals surface area (Å²) in [6, 6.07) is 0.574. The van der Waals surface area contributed by atoms with Gasteiger partial charge in [-0.1, -0.05) is 34.1 Å². The fourth-order valence-electron chi connectivity index (χ4n) is 5.05. The fraction of sp³-hybridized carbons (Fsp3) is 1.00. The molecule has 5 nitrogen and oxygen atoms in total. The van der Waals surface area contributed by atoms with Gasteiger partial charge in [0.2, 0.25) is 0 Å². The van der Waals surface area contributed by atoms with Gasteiger partial charge in [-0.15, -0.1) is 0 Å². The van der Waals surface area contributed by atoms with Crippen molar-refractivity contribution < 1.29 is 19.7 Å². The second-order valence-corrected chi connectivity index (χ2v) is 9.67. The van der Waals surface area contributed by atoms with Crippen LogP contribution in [-0.4, -0.2) is 72.4 Å². The summed E-state index contributed by atoms with van der Waals surface area (Å²) in [7, 11) is 4.32. The van der Waals surface area contributed by atoms with Crippen LogP contribution in [0.3, 0.4) is 0 Å². The third-order valence-corrected chi connectivity index (χ3v) is 7.29. The van der Waals surface area contributed by atoms with Crippen LogP contribution in [-0.2, 0) is 9.47 Å². The summed E-state index contributed by atoms with van der Waals surface area (Å²) in [6.07, 6.45) is 7.80. The Kier molecular flexibility index (Phi) is 9.68. The molecule has 2 fully saturated rings. The molecule has 2 N–H and O–H groups in total. The van der Waals surface area contributed by atoms with Crippen LogP contribution in [0.25, 0.3) is 0 Å². The first-order chi connectivity index (χ1) is 13.3. The van der Waals surface area contributed by atoms with Gasteiger partial charge in [0.05, 0.1) is 30.5 Å². The highest BCUT2D eigenvalue weighted by Crippen LogP contribution is 2.36. The van der Waals surface area contributed by atoms with Gasteiger partial charge in [-0.25, -0.2) is 0 Å². The molecule has 0 spiro atoms. The number of rotatable bonds is 11. The molecule has 2 heterocycles. The standard InChI is InChI=1S/C23H45NO4/c1-7-8-18(24(5)6)13-19-9-10-21(27-19)16(3)23(26)17(4)22-12-11-20(28-22)15(2)14-25/h15-23,25-26H,7-14H2,1-6H3/t15-,16+,17+,18+,19-,20+,21+,22-,23-/m0/s1. The zero-order valence-electron chi connectivity index (χ0n) is 19.0. The van der Waals surface area contributed by atoms with Crippen LogP contribution in [0.4, 0.5) is 0 Å². The van der Waals surface area contributed by atoms with Crippen molar-refractivity contribution in [1.82, 2.24) is 4.90 Å². The lowest BCUT2D eigenvalue weighted by Crippen LogP contribution is -2.40. The molecule has 0 aromatic heterocycles. The molecule has 2 aliphatic rings. The summed E-state index contributed by atoms with van der Waals surface area (Å²) in [5, 5.41) is 20.4. The average molecular weight is 400 g/mol. The van der Waals surface area contributed by atoms with Gasteiger partial charge in [0.25, 0.3) is 0 Å². The topological polar surface area (TPSA) is 62.2 Å². The van der Waals surface area contributed by atoms with Gasteiger partial charge in [-0.2, -0.15) is 0 Å². The molecule has 0 aliphatic carbocycles. The highest BCUT2D eigenvalue weighted by Gasteiger charge is 2.40. The van der Waals surface area contributed by atoms with Crippen LogP contribution in [0.15, 0.2) is 0 Å². The average Bonchev–Trinajstić information content (AvgIpc) is 3.35. The Labute approximate surface area is 172 Å². The molecule has 2 aliphatic heterocycles. The van der Waals surface area contributed by atoms with Crippen LogP contribution in [0.1, 0.15) is 72.6 Å². The highest BCUT2D eigenvalue weighted by atomic mass is 16.5. The first-order valence-corrected chi connectivity index (χ1v) is 11.5. The Bertz CT molecular complexity index is 446. The molecule has 28 heavy (non-hydrogen) atoms. The van der Waals surface area contributed by atoms with E-state index in [4.69, 9.17) is 9.47 Å². The second-order valence-electron chi connectivity index (χ2n) is 9.67. The summed E-state index contributed by atoms with van der Waals surface area (Å²) in [4.78, 5) is 2.32. The quantitative estimate of drug-likeness (QED) is 0.557. The summed E-state index contributed by atoms with van der Waals surface area (Å²) < 4.78 is 12.6. The minimum Gasteiger partial charge on any atom is -0.396 e. The lowest BCUT2D eigenvalue weighted by Gasteiger charge is -2.33. The molecule has 0 radical (unpaired) electrons. The monoisotopic (exact) mass is 399 g/mol. The summed E-state index contributed by atoms with van der Waals surface area (Å²) in [5.74, 6) is 0.364. The second kappa shape index (κ2) is 11.3. The predicted octanol–water partition coefficient (Wildman–Crippen LogP) is 3.46. The number of aliphatic hydroxyl groups is 2. The lowest BCUT2D eigenvalue weighted by atomic mass is 9.84. The van der Waals surface area contributed by atoms with E-state index in [1.54, 1.807) is 0 Å². The number of nitrogens with zero attached hydrogens (tertiary/aromatic N) is 1. The van der Waals surface area contributed by atoms with E-state index in [2.05, 4.69) is 39.8 Å². The highest BCUT2D eigenvalue weighted by molar-refractivity contribution is 4.89. The molecule has 166 valence electrons. The Morgan fingerprint density at radius 2 is 1.50 bits per heavy atom. The van der Waals surface area contributed by atoms with E-state index < -0.39 is 6.10 Å². The molecule has 5 heteroatoms. The number of aliphatic hydroxyl groups excluding tert-OH is 2. The van der Waals surface area contributed by atoms with Crippen molar-refractivity contribution in [2.75, 3.05) is 20.7 Å². The van der Waals surface area contributed by atoms with E-state index in [0.29, 0.717) is 12.1 Å². The maximum Gasteiger partial charge on any atom is 0.0640 e. The van der Waals surface area contributed by atoms with Crippen molar-refractivity contribution in [3.63, 3.8) is 0 Å². The van der Waals surface area contributed by atoms with Crippen molar-refractivity contribution in [1.29, 1.82) is 0 Å². The summed E-state index contributed by atoms with van der Waals surface area (Å²) >= 11 is 0. The maximum atomic E-state index is 11.0. The molecular weight excluding hydrogens is 354 g/mol. The number of hydrogen-bond acceptors (Lipinski definition) is 5. The molecule has 0 unspecified atom stereocenters. The fourth-order valence-corrected chi connectivity index (χ4v) is 5.05. The molecule has 0 saturated carbocycles. The maximum absolute atomic E-state index is 11.0. The van der Waals surface area contributed by atoms with Gasteiger partial charge in [0, 0.05) is 30.4 Å². The Hall–Kier alpha value is -0.200. The zero-order chi connectivity index (χ0) is 20.8. The van der Waals surface area contributed by atoms with E-state index in [-0.39, 0.29) is 42.7 Å². The molecule has 2 saturated heterocycles. The molecule has 0 aromatic carbocycles. The third-order valence-electron chi connectivity index (χ3n) is 7.29. The molecule has 2 rings (SSSR count). The van der Waals surface area contributed by atoms with E-state index in [1.165, 1.54) is 12.8 Å². The minimum atomic E-state index is -0.419. The third kappa shape index (κ3) is 6.15. The van der Waals surface area contributed by atoms with E-state index >= 15 is 0 Å². The molecule has 0 aromatic rings. The smallest absolute Gasteiger partial charge is 0.0640 e. The van der Waals surface area contributed by atoms with Crippen molar-refractivity contribution in [3.8, 4) is 0 Å². The zero-order valence-corrected chi connectivity index (χ0v) is 19.0. The van der Waals surface area contributed by atoms with Crippen molar-refractivity contribution >= 4 is 0 Å². The van der Waals surface area contributed by atoms with E-state index in [9.17, 15) is 10.2 Å². The Morgan fingerprint density at radius 3 is 2.07 bits per heavy atom. The van der Waals surface area contributed by atoms with Crippen LogP contribution >= 0.6 is 0 Å². The van der Waals surface area contributed by atoms with Crippen LogP contribution in [0.5, 0.6) is 0 Å². The van der Waals surface area contributed by atoms with Crippen LogP contribution in [0, 0.1) is 17.8 Å². The van der Waals surface area contributed by atoms with Gasteiger partial charge in [0.15, 0.2) is 0 Å². The van der Waals surface area contributed by atoms with Crippen molar-refractivity contribution in [3.05, 3.63) is 0 Å². The molecule has 9 atom stereocenters. The molecular formula is C23H45NO4. The lowest BCUT2D eigenvalue weighted by molar-refractivity contribution is -0.0879. The normalized spacial score (nSPS) is 33.8. The number of ether oxygens (including phenoxy) is 2. The first-order valence-electron chi connectivity index (χ1n) is 11.5. The van der Waals surface area contributed by atoms with Gasteiger partial charge in [-0.05, 0) is 52.6 Å². The Morgan fingerprint density at radius 1 is 0.929 bits per heavy atom. The first kappa shape index (κ1) is 24.1. The van der Waals surface area contributed by atoms with Gasteiger partial charge in [-0.3, -0.25) is 0 Å². The van der Waals surface area contributed by atoms with Crippen LogP contribution in [0.2, 0.25) is 0 Å². The summed E-state index contributed by atoms with van der Waals surface area (Å²) in [6.45, 7) is 8.67. The van der Waals surface area contributed by atoms with Gasteiger partial charge in [0.1, 0.15) is 0 Å². The van der Waals surface area contributed by atoms with E-state index in [1.807, 2.05) is 6.92 Å². The summed E-state index contributed by atoms with van der Waals surface area (Å²) in [5.41, 5.74) is 0. The Balaban J connectivity index is 1.84.